The third-order valence-corrected chi connectivity index (χ3v) is 6.14. The molecule has 4 heterocycles. The van der Waals surface area contributed by atoms with Crippen molar-refractivity contribution in [2.45, 2.75) is 26.4 Å². The second-order valence-electron chi connectivity index (χ2n) is 8.35. The molecule has 0 atom stereocenters. The van der Waals surface area contributed by atoms with Gasteiger partial charge in [-0.15, -0.1) is 10.2 Å². The summed E-state index contributed by atoms with van der Waals surface area (Å²) in [7, 11) is 1.98. The highest BCUT2D eigenvalue weighted by Gasteiger charge is 2.21. The number of morpholine rings is 1. The minimum atomic E-state index is 0.516. The Morgan fingerprint density at radius 1 is 1.09 bits per heavy atom. The van der Waals surface area contributed by atoms with E-state index in [4.69, 9.17) is 14.3 Å². The first kappa shape index (κ1) is 22.7. The highest BCUT2D eigenvalue weighted by atomic mass is 16.5. The Bertz CT molecular complexity index is 838. The van der Waals surface area contributed by atoms with Gasteiger partial charge in [-0.25, -0.2) is 4.99 Å². The van der Waals surface area contributed by atoms with E-state index in [-0.39, 0.29) is 0 Å². The molecule has 11 heteroatoms. The molecule has 2 saturated heterocycles. The van der Waals surface area contributed by atoms with E-state index in [1.54, 1.807) is 6.26 Å². The third kappa shape index (κ3) is 6.27. The molecule has 11 nitrogen and oxygen atoms in total. The van der Waals surface area contributed by atoms with Crippen LogP contribution in [0.15, 0.2) is 21.8 Å². The van der Waals surface area contributed by atoms with Crippen molar-refractivity contribution < 1.29 is 9.26 Å². The summed E-state index contributed by atoms with van der Waals surface area (Å²) in [5.41, 5.74) is 0.978. The summed E-state index contributed by atoms with van der Waals surface area (Å²) in [4.78, 5) is 12.1. The predicted molar refractivity (Wildman–Crippen MR) is 120 cm³/mol. The summed E-state index contributed by atoms with van der Waals surface area (Å²) in [6.07, 6.45) is 2.71. The Morgan fingerprint density at radius 3 is 2.59 bits per heavy atom. The van der Waals surface area contributed by atoms with Gasteiger partial charge >= 0.3 is 0 Å². The lowest BCUT2D eigenvalue weighted by Gasteiger charge is -2.36. The number of hydrogen-bond donors (Lipinski definition) is 1. The van der Waals surface area contributed by atoms with Crippen molar-refractivity contribution in [3.63, 3.8) is 0 Å². The normalized spacial score (nSPS) is 18.9. The second-order valence-corrected chi connectivity index (χ2v) is 8.35. The summed E-state index contributed by atoms with van der Waals surface area (Å²) in [5, 5.41) is 16.0. The summed E-state index contributed by atoms with van der Waals surface area (Å²) in [5.74, 6) is 2.73. The van der Waals surface area contributed by atoms with Crippen LogP contribution in [0.4, 0.5) is 0 Å². The fraction of sp³-hybridized carbons (Fsp3) is 0.714. The fourth-order valence-corrected chi connectivity index (χ4v) is 4.00. The maximum absolute atomic E-state index is 5.44. The lowest BCUT2D eigenvalue weighted by molar-refractivity contribution is 0.0375. The number of aryl methyl sites for hydroxylation is 1. The Hall–Kier alpha value is -2.50. The number of rotatable bonds is 8. The van der Waals surface area contributed by atoms with Gasteiger partial charge in [0.1, 0.15) is 18.6 Å². The molecule has 176 valence electrons. The Morgan fingerprint density at radius 2 is 1.91 bits per heavy atom. The number of guanidine groups is 1. The van der Waals surface area contributed by atoms with E-state index in [0.29, 0.717) is 6.54 Å². The minimum Gasteiger partial charge on any atom is -0.379 e. The SMILES string of the molecule is Cc1nnc(CN=C(NCCCN2CCOCC2)N2CCN(Cc3ccon3)CC2)n1C. The van der Waals surface area contributed by atoms with E-state index in [1.807, 2.05) is 24.6 Å². The highest BCUT2D eigenvalue weighted by Crippen LogP contribution is 2.08. The molecule has 2 aromatic heterocycles. The topological polar surface area (TPSA) is 100 Å². The van der Waals surface area contributed by atoms with Gasteiger partial charge in [-0.2, -0.15) is 0 Å². The van der Waals surface area contributed by atoms with Gasteiger partial charge in [0.25, 0.3) is 0 Å². The monoisotopic (exact) mass is 445 g/mol. The highest BCUT2D eigenvalue weighted by molar-refractivity contribution is 5.80. The molecule has 2 aromatic rings. The molecule has 0 saturated carbocycles. The van der Waals surface area contributed by atoms with Gasteiger partial charge in [-0.3, -0.25) is 9.80 Å². The van der Waals surface area contributed by atoms with Crippen molar-refractivity contribution in [3.05, 3.63) is 29.7 Å². The number of aliphatic imine (C=N–C) groups is 1. The van der Waals surface area contributed by atoms with Gasteiger partial charge < -0.3 is 24.0 Å². The number of piperazine rings is 1. The van der Waals surface area contributed by atoms with E-state index < -0.39 is 0 Å². The first-order valence-corrected chi connectivity index (χ1v) is 11.5. The zero-order chi connectivity index (χ0) is 22.2. The summed E-state index contributed by atoms with van der Waals surface area (Å²) in [6, 6.07) is 1.93. The van der Waals surface area contributed by atoms with Gasteiger partial charge in [0.05, 0.1) is 18.9 Å². The molecule has 2 fully saturated rings. The molecular formula is C21H35N9O2. The number of ether oxygens (including phenoxy) is 1. The van der Waals surface area contributed by atoms with Gasteiger partial charge in [0.15, 0.2) is 11.8 Å². The van der Waals surface area contributed by atoms with Crippen molar-refractivity contribution in [2.75, 3.05) is 65.6 Å². The molecule has 0 spiro atoms. The number of nitrogens with zero attached hydrogens (tertiary/aromatic N) is 8. The number of hydrogen-bond acceptors (Lipinski definition) is 8. The molecule has 0 aliphatic carbocycles. The van der Waals surface area contributed by atoms with Crippen LogP contribution in [0.5, 0.6) is 0 Å². The number of aromatic nitrogens is 4. The predicted octanol–water partition coefficient (Wildman–Crippen LogP) is 0.0972. The van der Waals surface area contributed by atoms with E-state index in [2.05, 4.69) is 35.4 Å². The van der Waals surface area contributed by atoms with Crippen LogP contribution in [-0.4, -0.2) is 106 Å². The quantitative estimate of drug-likeness (QED) is 0.344. The lowest BCUT2D eigenvalue weighted by Crippen LogP contribution is -2.52. The maximum atomic E-state index is 5.44. The van der Waals surface area contributed by atoms with Gasteiger partial charge in [0, 0.05) is 65.5 Å². The molecule has 2 aliphatic heterocycles. The molecule has 0 radical (unpaired) electrons. The zero-order valence-corrected chi connectivity index (χ0v) is 19.2. The molecule has 0 aromatic carbocycles. The van der Waals surface area contributed by atoms with Crippen LogP contribution >= 0.6 is 0 Å². The first-order chi connectivity index (χ1) is 15.7. The van der Waals surface area contributed by atoms with E-state index >= 15 is 0 Å². The first-order valence-electron chi connectivity index (χ1n) is 11.5. The standard InChI is InChI=1S/C21H35N9O2/c1-18-24-25-20(27(18)2)16-23-21(22-5-3-6-28-11-14-31-15-12-28)30-9-7-29(8-10-30)17-19-4-13-32-26-19/h4,13H,3,5-12,14-17H2,1-2H3,(H,22,23). The average molecular weight is 446 g/mol. The molecule has 2 aliphatic rings. The van der Waals surface area contributed by atoms with Gasteiger partial charge in [-0.1, -0.05) is 5.16 Å². The van der Waals surface area contributed by atoms with Gasteiger partial charge in [0.2, 0.25) is 0 Å². The maximum Gasteiger partial charge on any atom is 0.194 e. The Kier molecular flexibility index (Phi) is 8.07. The van der Waals surface area contributed by atoms with Crippen molar-refractivity contribution in [1.29, 1.82) is 0 Å². The summed E-state index contributed by atoms with van der Waals surface area (Å²) in [6.45, 7) is 12.8. The Labute approximate surface area is 189 Å². The molecular weight excluding hydrogens is 410 g/mol. The smallest absolute Gasteiger partial charge is 0.194 e. The Balaban J connectivity index is 1.31. The second kappa shape index (κ2) is 11.4. The largest absolute Gasteiger partial charge is 0.379 e. The summed E-state index contributed by atoms with van der Waals surface area (Å²) < 4.78 is 12.4. The van der Waals surface area contributed by atoms with Crippen LogP contribution in [-0.2, 0) is 24.9 Å². The van der Waals surface area contributed by atoms with Crippen molar-refractivity contribution in [2.24, 2.45) is 12.0 Å². The van der Waals surface area contributed by atoms with E-state index in [9.17, 15) is 0 Å². The molecule has 4 rings (SSSR count). The molecule has 32 heavy (non-hydrogen) atoms. The van der Waals surface area contributed by atoms with Crippen LogP contribution in [0.25, 0.3) is 0 Å². The third-order valence-electron chi connectivity index (χ3n) is 6.14. The van der Waals surface area contributed by atoms with Crippen molar-refractivity contribution in [3.8, 4) is 0 Å². The van der Waals surface area contributed by atoms with Crippen molar-refractivity contribution in [1.82, 2.24) is 39.9 Å². The van der Waals surface area contributed by atoms with Crippen LogP contribution in [0.2, 0.25) is 0 Å². The van der Waals surface area contributed by atoms with Gasteiger partial charge in [-0.05, 0) is 19.9 Å². The average Bonchev–Trinajstić information content (AvgIpc) is 3.45. The zero-order valence-electron chi connectivity index (χ0n) is 19.2. The van der Waals surface area contributed by atoms with E-state index in [0.717, 1.165) is 102 Å². The van der Waals surface area contributed by atoms with Crippen LogP contribution in [0.3, 0.4) is 0 Å². The lowest BCUT2D eigenvalue weighted by atomic mass is 10.3. The van der Waals surface area contributed by atoms with Crippen LogP contribution in [0, 0.1) is 6.92 Å². The summed E-state index contributed by atoms with van der Waals surface area (Å²) >= 11 is 0. The molecule has 0 bridgehead atoms. The molecule has 0 amide bonds. The van der Waals surface area contributed by atoms with Crippen LogP contribution < -0.4 is 5.32 Å². The van der Waals surface area contributed by atoms with Crippen molar-refractivity contribution >= 4 is 5.96 Å². The number of nitrogens with one attached hydrogen (secondary N) is 1. The fourth-order valence-electron chi connectivity index (χ4n) is 4.00. The molecule has 1 N–H and O–H groups in total. The minimum absolute atomic E-state index is 0.516. The van der Waals surface area contributed by atoms with E-state index in [1.165, 1.54) is 0 Å². The molecule has 0 unspecified atom stereocenters. The van der Waals surface area contributed by atoms with Crippen LogP contribution in [0.1, 0.15) is 23.8 Å².